The van der Waals surface area contributed by atoms with E-state index >= 15 is 0 Å². The molecule has 0 aliphatic carbocycles. The van der Waals surface area contributed by atoms with Crippen molar-refractivity contribution in [2.45, 2.75) is 38.5 Å². The van der Waals surface area contributed by atoms with Crippen LogP contribution in [0.2, 0.25) is 0 Å². The third kappa shape index (κ3) is 5.13. The van der Waals surface area contributed by atoms with Crippen molar-refractivity contribution in [2.24, 2.45) is 0 Å². The molecule has 180 valence electrons. The second-order valence-corrected chi connectivity index (χ2v) is 9.63. The Bertz CT molecular complexity index is 1410. The average molecular weight is 472 g/mol. The molecule has 2 heteroatoms. The van der Waals surface area contributed by atoms with Gasteiger partial charge in [-0.2, -0.15) is 0 Å². The molecule has 0 aromatic heterocycles. The van der Waals surface area contributed by atoms with Gasteiger partial charge in [0.1, 0.15) is 5.75 Å². The van der Waals surface area contributed by atoms with Crippen LogP contribution in [0.5, 0.6) is 5.75 Å². The molecule has 5 rings (SSSR count). The first kappa shape index (κ1) is 23.7. The van der Waals surface area contributed by atoms with Crippen LogP contribution < -0.4 is 4.90 Å². The fourth-order valence-corrected chi connectivity index (χ4v) is 5.14. The molecule has 0 bridgehead atoms. The van der Waals surface area contributed by atoms with Crippen LogP contribution in [0.3, 0.4) is 0 Å². The van der Waals surface area contributed by atoms with Crippen molar-refractivity contribution in [2.75, 3.05) is 4.90 Å². The first-order chi connectivity index (χ1) is 17.6. The summed E-state index contributed by atoms with van der Waals surface area (Å²) in [5.74, 6) is 1.23. The fourth-order valence-electron chi connectivity index (χ4n) is 5.14. The predicted molar refractivity (Wildman–Crippen MR) is 153 cm³/mol. The molecule has 0 saturated carbocycles. The third-order valence-corrected chi connectivity index (χ3v) is 7.22. The highest BCUT2D eigenvalue weighted by Gasteiger charge is 2.17. The van der Waals surface area contributed by atoms with Crippen molar-refractivity contribution in [1.29, 1.82) is 0 Å². The van der Waals surface area contributed by atoms with Crippen molar-refractivity contribution >= 4 is 27.8 Å². The van der Waals surface area contributed by atoms with Crippen molar-refractivity contribution in [1.82, 2.24) is 0 Å². The Labute approximate surface area is 214 Å². The van der Waals surface area contributed by atoms with Crippen LogP contribution in [0.1, 0.15) is 49.7 Å². The number of fused-ring (bicyclic) bond motifs is 1. The molecule has 2 nitrogen and oxygen atoms in total. The highest BCUT2D eigenvalue weighted by Crippen LogP contribution is 2.38. The van der Waals surface area contributed by atoms with Gasteiger partial charge in [-0.15, -0.1) is 0 Å². The lowest BCUT2D eigenvalue weighted by molar-refractivity contribution is 0.474. The Kier molecular flexibility index (Phi) is 7.04. The van der Waals surface area contributed by atoms with Crippen LogP contribution in [-0.2, 0) is 0 Å². The summed E-state index contributed by atoms with van der Waals surface area (Å²) in [7, 11) is 0. The molecular formula is C34H33NO. The standard InChI is InChI=1S/C34H33NO/c1-3-26(23-25(2)27-16-21-34(36)22-17-27)29-13-18-32(19-14-29)35(31-11-5-4-6-12-31)33-20-15-28-9-7-8-10-30(28)24-33/h4-22,24-26,36H,3,23H2,1-2H3. The molecule has 36 heavy (non-hydrogen) atoms. The largest absolute Gasteiger partial charge is 0.508 e. The Morgan fingerprint density at radius 1 is 0.611 bits per heavy atom. The molecule has 1 N–H and O–H groups in total. The summed E-state index contributed by atoms with van der Waals surface area (Å²) in [6.07, 6.45) is 2.17. The van der Waals surface area contributed by atoms with Gasteiger partial charge in [0.2, 0.25) is 0 Å². The van der Waals surface area contributed by atoms with Crippen molar-refractivity contribution in [3.8, 4) is 5.75 Å². The quantitative estimate of drug-likeness (QED) is 0.243. The number of phenolic OH excluding ortho intramolecular Hbond substituents is 1. The molecule has 0 fully saturated rings. The second-order valence-electron chi connectivity index (χ2n) is 9.63. The normalized spacial score (nSPS) is 12.8. The van der Waals surface area contributed by atoms with E-state index in [1.54, 1.807) is 12.1 Å². The number of hydrogen-bond acceptors (Lipinski definition) is 2. The number of aromatic hydroxyl groups is 1. The van der Waals surface area contributed by atoms with Gasteiger partial charge in [0.05, 0.1) is 0 Å². The van der Waals surface area contributed by atoms with E-state index in [4.69, 9.17) is 0 Å². The highest BCUT2D eigenvalue weighted by molar-refractivity contribution is 5.89. The smallest absolute Gasteiger partial charge is 0.115 e. The number of phenols is 1. The summed E-state index contributed by atoms with van der Waals surface area (Å²) in [5, 5.41) is 12.1. The number of anilines is 3. The van der Waals surface area contributed by atoms with Crippen LogP contribution in [0.15, 0.2) is 121 Å². The van der Waals surface area contributed by atoms with Crippen molar-refractivity contribution in [3.63, 3.8) is 0 Å². The molecule has 0 aliphatic heterocycles. The predicted octanol–water partition coefficient (Wildman–Crippen LogP) is 9.70. The van der Waals surface area contributed by atoms with Crippen LogP contribution in [-0.4, -0.2) is 5.11 Å². The highest BCUT2D eigenvalue weighted by atomic mass is 16.3. The van der Waals surface area contributed by atoms with E-state index in [1.165, 1.54) is 21.9 Å². The van der Waals surface area contributed by atoms with Crippen LogP contribution >= 0.6 is 0 Å². The number of nitrogens with zero attached hydrogens (tertiary/aromatic N) is 1. The summed E-state index contributed by atoms with van der Waals surface area (Å²) in [5.41, 5.74) is 6.10. The van der Waals surface area contributed by atoms with E-state index in [0.29, 0.717) is 17.6 Å². The Balaban J connectivity index is 1.44. The number of hydrogen-bond donors (Lipinski definition) is 1. The summed E-state index contributed by atoms with van der Waals surface area (Å²) < 4.78 is 0. The van der Waals surface area contributed by atoms with Gasteiger partial charge >= 0.3 is 0 Å². The maximum absolute atomic E-state index is 9.63. The minimum atomic E-state index is 0.322. The molecule has 0 heterocycles. The van der Waals surface area contributed by atoms with Gasteiger partial charge in [-0.1, -0.05) is 86.6 Å². The van der Waals surface area contributed by atoms with E-state index in [2.05, 4.69) is 116 Å². The topological polar surface area (TPSA) is 23.5 Å². The molecule has 0 spiro atoms. The maximum Gasteiger partial charge on any atom is 0.115 e. The first-order valence-corrected chi connectivity index (χ1v) is 12.8. The van der Waals surface area contributed by atoms with Gasteiger partial charge in [-0.3, -0.25) is 0 Å². The minimum absolute atomic E-state index is 0.322. The van der Waals surface area contributed by atoms with Gasteiger partial charge < -0.3 is 10.0 Å². The van der Waals surface area contributed by atoms with E-state index in [9.17, 15) is 5.11 Å². The molecule has 2 atom stereocenters. The number of benzene rings is 5. The van der Waals surface area contributed by atoms with Crippen LogP contribution in [0.25, 0.3) is 10.8 Å². The fraction of sp³-hybridized carbons (Fsp3) is 0.176. The zero-order chi connectivity index (χ0) is 24.9. The maximum atomic E-state index is 9.63. The van der Waals surface area contributed by atoms with Crippen LogP contribution in [0.4, 0.5) is 17.1 Å². The number of rotatable bonds is 8. The molecule has 0 radical (unpaired) electrons. The summed E-state index contributed by atoms with van der Waals surface area (Å²) in [4.78, 5) is 2.33. The molecule has 2 unspecified atom stereocenters. The molecule has 5 aromatic carbocycles. The first-order valence-electron chi connectivity index (χ1n) is 12.8. The molecule has 5 aromatic rings. The lowest BCUT2D eigenvalue weighted by Gasteiger charge is -2.27. The average Bonchev–Trinajstić information content (AvgIpc) is 2.93. The SMILES string of the molecule is CCC(CC(C)c1ccc(O)cc1)c1ccc(N(c2ccccc2)c2ccc3ccccc3c2)cc1. The summed E-state index contributed by atoms with van der Waals surface area (Å²) in [6, 6.07) is 42.5. The monoisotopic (exact) mass is 471 g/mol. The second kappa shape index (κ2) is 10.7. The Morgan fingerprint density at radius 2 is 1.19 bits per heavy atom. The van der Waals surface area contributed by atoms with Gasteiger partial charge in [-0.05, 0) is 95.1 Å². The Morgan fingerprint density at radius 3 is 1.89 bits per heavy atom. The van der Waals surface area contributed by atoms with E-state index in [-0.39, 0.29) is 0 Å². The lowest BCUT2D eigenvalue weighted by Crippen LogP contribution is -2.10. The van der Waals surface area contributed by atoms with Gasteiger partial charge in [0.15, 0.2) is 0 Å². The van der Waals surface area contributed by atoms with Crippen molar-refractivity contribution in [3.05, 3.63) is 132 Å². The molecule has 0 aliphatic rings. The summed E-state index contributed by atoms with van der Waals surface area (Å²) >= 11 is 0. The van der Waals surface area contributed by atoms with Gasteiger partial charge in [0.25, 0.3) is 0 Å². The molecule has 0 saturated heterocycles. The van der Waals surface area contributed by atoms with Crippen LogP contribution in [0, 0.1) is 0 Å². The van der Waals surface area contributed by atoms with E-state index in [0.717, 1.165) is 29.9 Å². The van der Waals surface area contributed by atoms with Gasteiger partial charge in [0, 0.05) is 17.1 Å². The van der Waals surface area contributed by atoms with Gasteiger partial charge in [-0.25, -0.2) is 0 Å². The van der Waals surface area contributed by atoms with E-state index < -0.39 is 0 Å². The zero-order valence-electron chi connectivity index (χ0n) is 21.0. The van der Waals surface area contributed by atoms with Crippen molar-refractivity contribution < 1.29 is 5.11 Å². The minimum Gasteiger partial charge on any atom is -0.508 e. The number of para-hydroxylation sites is 1. The molecule has 0 amide bonds. The summed E-state index contributed by atoms with van der Waals surface area (Å²) in [6.45, 7) is 4.55. The molecular weight excluding hydrogens is 438 g/mol. The lowest BCUT2D eigenvalue weighted by atomic mass is 9.84. The van der Waals surface area contributed by atoms with E-state index in [1.807, 2.05) is 12.1 Å². The zero-order valence-corrected chi connectivity index (χ0v) is 21.0. The Hall–Kier alpha value is -4.04. The third-order valence-electron chi connectivity index (χ3n) is 7.22.